The van der Waals surface area contributed by atoms with Crippen molar-refractivity contribution in [2.45, 2.75) is 24.4 Å². The van der Waals surface area contributed by atoms with Gasteiger partial charge < -0.3 is 10.3 Å². The molecule has 0 spiro atoms. The standard InChI is InChI=1S/C21H22N4O2S/c1-15(11-23-13-18-14-24-21-5-3-2-4-20(18)21)25-28(26,27)19-7-6-17-12-22-9-8-16(17)10-19/h2-10,12,14-15,23-25H,11,13H2,1H3. The van der Waals surface area contributed by atoms with Crippen molar-refractivity contribution in [3.8, 4) is 0 Å². The van der Waals surface area contributed by atoms with Crippen molar-refractivity contribution in [3.63, 3.8) is 0 Å². The second-order valence-electron chi connectivity index (χ2n) is 6.90. The summed E-state index contributed by atoms with van der Waals surface area (Å²) in [5.41, 5.74) is 2.26. The highest BCUT2D eigenvalue weighted by molar-refractivity contribution is 7.89. The first-order valence-corrected chi connectivity index (χ1v) is 10.6. The van der Waals surface area contributed by atoms with Crippen molar-refractivity contribution in [2.75, 3.05) is 6.54 Å². The molecule has 0 aliphatic carbocycles. The van der Waals surface area contributed by atoms with Gasteiger partial charge in [0.15, 0.2) is 0 Å². The number of fused-ring (bicyclic) bond motifs is 2. The number of pyridine rings is 1. The summed E-state index contributed by atoms with van der Waals surface area (Å²) in [6, 6.07) is 14.7. The molecule has 2 aromatic heterocycles. The maximum atomic E-state index is 12.7. The van der Waals surface area contributed by atoms with Crippen molar-refractivity contribution in [1.82, 2.24) is 20.0 Å². The molecule has 4 aromatic rings. The Morgan fingerprint density at radius 2 is 1.96 bits per heavy atom. The van der Waals surface area contributed by atoms with E-state index in [1.54, 1.807) is 36.7 Å². The normalized spacial score (nSPS) is 13.2. The Labute approximate surface area is 164 Å². The highest BCUT2D eigenvalue weighted by Gasteiger charge is 2.17. The number of nitrogens with one attached hydrogen (secondary N) is 3. The van der Waals surface area contributed by atoms with Crippen LogP contribution in [0.4, 0.5) is 0 Å². The lowest BCUT2D eigenvalue weighted by molar-refractivity contribution is 0.537. The number of nitrogens with zero attached hydrogens (tertiary/aromatic N) is 1. The van der Waals surface area contributed by atoms with Crippen molar-refractivity contribution < 1.29 is 8.42 Å². The molecule has 2 heterocycles. The fourth-order valence-corrected chi connectivity index (χ4v) is 4.58. The molecule has 0 saturated heterocycles. The van der Waals surface area contributed by atoms with Crippen LogP contribution >= 0.6 is 0 Å². The average molecular weight is 395 g/mol. The number of hydrogen-bond acceptors (Lipinski definition) is 4. The van der Waals surface area contributed by atoms with Crippen LogP contribution < -0.4 is 10.0 Å². The molecule has 1 atom stereocenters. The summed E-state index contributed by atoms with van der Waals surface area (Å²) in [5, 5.41) is 6.26. The van der Waals surface area contributed by atoms with Crippen LogP contribution in [0.1, 0.15) is 12.5 Å². The molecular weight excluding hydrogens is 372 g/mol. The van der Waals surface area contributed by atoms with Crippen molar-refractivity contribution >= 4 is 31.7 Å². The van der Waals surface area contributed by atoms with Crippen LogP contribution in [-0.4, -0.2) is 31.0 Å². The third-order valence-corrected chi connectivity index (χ3v) is 6.31. The monoisotopic (exact) mass is 394 g/mol. The summed E-state index contributed by atoms with van der Waals surface area (Å²) < 4.78 is 28.1. The molecule has 28 heavy (non-hydrogen) atoms. The molecular formula is C21H22N4O2S. The minimum absolute atomic E-state index is 0.247. The molecule has 0 bridgehead atoms. The van der Waals surface area contributed by atoms with E-state index in [0.717, 1.165) is 21.9 Å². The Morgan fingerprint density at radius 3 is 2.86 bits per heavy atom. The zero-order chi connectivity index (χ0) is 19.6. The zero-order valence-corrected chi connectivity index (χ0v) is 16.3. The molecule has 0 aliphatic heterocycles. The highest BCUT2D eigenvalue weighted by atomic mass is 32.2. The predicted octanol–water partition coefficient (Wildman–Crippen LogP) is 3.17. The van der Waals surface area contributed by atoms with Crippen LogP contribution in [0.5, 0.6) is 0 Å². The second kappa shape index (κ2) is 7.71. The molecule has 0 amide bonds. The number of rotatable bonds is 7. The Hall–Kier alpha value is -2.74. The van der Waals surface area contributed by atoms with Gasteiger partial charge in [0.05, 0.1) is 4.90 Å². The van der Waals surface area contributed by atoms with Crippen molar-refractivity contribution in [1.29, 1.82) is 0 Å². The minimum atomic E-state index is -3.59. The van der Waals surface area contributed by atoms with Gasteiger partial charge in [-0.25, -0.2) is 13.1 Å². The van der Waals surface area contributed by atoms with E-state index < -0.39 is 10.0 Å². The van der Waals surface area contributed by atoms with E-state index in [2.05, 4.69) is 26.1 Å². The van der Waals surface area contributed by atoms with Gasteiger partial charge in [-0.1, -0.05) is 24.3 Å². The van der Waals surface area contributed by atoms with Crippen LogP contribution in [0.3, 0.4) is 0 Å². The van der Waals surface area contributed by atoms with Gasteiger partial charge in [0.1, 0.15) is 0 Å². The second-order valence-corrected chi connectivity index (χ2v) is 8.61. The highest BCUT2D eigenvalue weighted by Crippen LogP contribution is 2.19. The molecule has 2 aromatic carbocycles. The van der Waals surface area contributed by atoms with Crippen LogP contribution in [-0.2, 0) is 16.6 Å². The van der Waals surface area contributed by atoms with Crippen LogP contribution in [0.2, 0.25) is 0 Å². The van der Waals surface area contributed by atoms with E-state index in [1.165, 1.54) is 5.39 Å². The van der Waals surface area contributed by atoms with E-state index in [9.17, 15) is 8.42 Å². The van der Waals surface area contributed by atoms with Crippen LogP contribution in [0, 0.1) is 0 Å². The van der Waals surface area contributed by atoms with E-state index in [0.29, 0.717) is 13.1 Å². The Kier molecular flexibility index (Phi) is 5.13. The lowest BCUT2D eigenvalue weighted by Crippen LogP contribution is -2.39. The van der Waals surface area contributed by atoms with Gasteiger partial charge in [0.2, 0.25) is 10.0 Å². The number of aromatic amines is 1. The van der Waals surface area contributed by atoms with E-state index >= 15 is 0 Å². The Bertz CT molecular complexity index is 1220. The predicted molar refractivity (Wildman–Crippen MR) is 112 cm³/mol. The molecule has 0 radical (unpaired) electrons. The first kappa shape index (κ1) is 18.6. The quantitative estimate of drug-likeness (QED) is 0.449. The van der Waals surface area contributed by atoms with Gasteiger partial charge in [-0.2, -0.15) is 0 Å². The van der Waals surface area contributed by atoms with E-state index in [4.69, 9.17) is 0 Å². The summed E-state index contributed by atoms with van der Waals surface area (Å²) in [6.07, 6.45) is 5.36. The van der Waals surface area contributed by atoms with Crippen molar-refractivity contribution in [2.24, 2.45) is 0 Å². The van der Waals surface area contributed by atoms with Crippen molar-refractivity contribution in [3.05, 3.63) is 72.7 Å². The number of para-hydroxylation sites is 1. The molecule has 7 heteroatoms. The number of sulfonamides is 1. The minimum Gasteiger partial charge on any atom is -0.361 e. The fraction of sp³-hybridized carbons (Fsp3) is 0.190. The first-order chi connectivity index (χ1) is 13.5. The molecule has 1 unspecified atom stereocenters. The third-order valence-electron chi connectivity index (χ3n) is 4.72. The molecule has 4 rings (SSSR count). The number of aromatic nitrogens is 2. The maximum absolute atomic E-state index is 12.7. The summed E-state index contributed by atoms with van der Waals surface area (Å²) in [7, 11) is -3.59. The first-order valence-electron chi connectivity index (χ1n) is 9.15. The largest absolute Gasteiger partial charge is 0.361 e. The Morgan fingerprint density at radius 1 is 1.11 bits per heavy atom. The van der Waals surface area contributed by atoms with Gasteiger partial charge in [-0.15, -0.1) is 0 Å². The van der Waals surface area contributed by atoms with Crippen LogP contribution in [0.15, 0.2) is 72.0 Å². The lowest BCUT2D eigenvalue weighted by atomic mass is 10.2. The van der Waals surface area contributed by atoms with Gasteiger partial charge in [0.25, 0.3) is 0 Å². The Balaban J connectivity index is 1.38. The van der Waals surface area contributed by atoms with Gasteiger partial charge in [-0.05, 0) is 42.1 Å². The van der Waals surface area contributed by atoms with Gasteiger partial charge in [0, 0.05) is 54.0 Å². The molecule has 0 aliphatic rings. The molecule has 6 nitrogen and oxygen atoms in total. The SMILES string of the molecule is CC(CNCc1c[nH]c2ccccc12)NS(=O)(=O)c1ccc2cnccc2c1. The smallest absolute Gasteiger partial charge is 0.240 e. The summed E-state index contributed by atoms with van der Waals surface area (Å²) in [6.45, 7) is 3.04. The van der Waals surface area contributed by atoms with Gasteiger partial charge >= 0.3 is 0 Å². The summed E-state index contributed by atoms with van der Waals surface area (Å²) in [4.78, 5) is 7.55. The zero-order valence-electron chi connectivity index (χ0n) is 15.5. The summed E-state index contributed by atoms with van der Waals surface area (Å²) >= 11 is 0. The topological polar surface area (TPSA) is 86.9 Å². The molecule has 0 fully saturated rings. The number of H-pyrrole nitrogens is 1. The van der Waals surface area contributed by atoms with E-state index in [-0.39, 0.29) is 10.9 Å². The molecule has 144 valence electrons. The van der Waals surface area contributed by atoms with Crippen LogP contribution in [0.25, 0.3) is 21.7 Å². The maximum Gasteiger partial charge on any atom is 0.240 e. The number of benzene rings is 2. The van der Waals surface area contributed by atoms with Gasteiger partial charge in [-0.3, -0.25) is 4.98 Å². The summed E-state index contributed by atoms with van der Waals surface area (Å²) in [5.74, 6) is 0. The lowest BCUT2D eigenvalue weighted by Gasteiger charge is -2.15. The molecule has 3 N–H and O–H groups in total. The number of hydrogen-bond donors (Lipinski definition) is 3. The third kappa shape index (κ3) is 3.91. The molecule has 0 saturated carbocycles. The van der Waals surface area contributed by atoms with E-state index in [1.807, 2.05) is 31.3 Å². The fourth-order valence-electron chi connectivity index (χ4n) is 3.30. The average Bonchev–Trinajstić information content (AvgIpc) is 3.10.